The standard InChI is InChI=1S/C14H19N3O5S/c1-10-6-7-11(9-13(10)17(19)20)23(21,22)16-8-4-5-12(16)14(18)15(2)3/h6-7,9,12H,4-5,8H2,1-3H3. The van der Waals surface area contributed by atoms with E-state index in [1.807, 2.05) is 0 Å². The van der Waals surface area contributed by atoms with Crippen molar-refractivity contribution in [3.63, 3.8) is 0 Å². The molecule has 0 N–H and O–H groups in total. The highest BCUT2D eigenvalue weighted by Gasteiger charge is 2.40. The summed E-state index contributed by atoms with van der Waals surface area (Å²) in [6.07, 6.45) is 1.03. The third-order valence-electron chi connectivity index (χ3n) is 3.91. The van der Waals surface area contributed by atoms with Crippen molar-refractivity contribution in [1.82, 2.24) is 9.21 Å². The maximum atomic E-state index is 12.8. The van der Waals surface area contributed by atoms with E-state index in [0.29, 0.717) is 18.4 Å². The van der Waals surface area contributed by atoms with Crippen LogP contribution in [0.3, 0.4) is 0 Å². The largest absolute Gasteiger partial charge is 0.347 e. The molecular formula is C14H19N3O5S. The summed E-state index contributed by atoms with van der Waals surface area (Å²) in [6, 6.07) is 3.05. The van der Waals surface area contributed by atoms with Gasteiger partial charge in [0.25, 0.3) is 5.69 Å². The van der Waals surface area contributed by atoms with Gasteiger partial charge in [-0.1, -0.05) is 6.07 Å². The van der Waals surface area contributed by atoms with Gasteiger partial charge in [-0.2, -0.15) is 4.31 Å². The Labute approximate surface area is 134 Å². The van der Waals surface area contributed by atoms with Gasteiger partial charge in [-0.3, -0.25) is 14.9 Å². The van der Waals surface area contributed by atoms with E-state index in [1.165, 1.54) is 17.0 Å². The van der Waals surface area contributed by atoms with E-state index in [1.54, 1.807) is 21.0 Å². The second-order valence-corrected chi connectivity index (χ2v) is 7.60. The number of nitrogens with zero attached hydrogens (tertiary/aromatic N) is 3. The molecule has 0 aromatic heterocycles. The summed E-state index contributed by atoms with van der Waals surface area (Å²) in [4.78, 5) is 23.8. The minimum Gasteiger partial charge on any atom is -0.347 e. The van der Waals surface area contributed by atoms with Crippen LogP contribution in [0.4, 0.5) is 5.69 Å². The van der Waals surface area contributed by atoms with Gasteiger partial charge >= 0.3 is 0 Å². The third-order valence-corrected chi connectivity index (χ3v) is 5.82. The highest BCUT2D eigenvalue weighted by Crippen LogP contribution is 2.29. The molecule has 1 fully saturated rings. The van der Waals surface area contributed by atoms with Crippen molar-refractivity contribution in [1.29, 1.82) is 0 Å². The molecule has 1 atom stereocenters. The number of carbonyl (C=O) groups is 1. The Morgan fingerprint density at radius 2 is 2.04 bits per heavy atom. The number of hydrogen-bond acceptors (Lipinski definition) is 5. The average molecular weight is 341 g/mol. The van der Waals surface area contributed by atoms with Crippen molar-refractivity contribution < 1.29 is 18.1 Å². The Bertz CT molecular complexity index is 745. The zero-order chi connectivity index (χ0) is 17.4. The van der Waals surface area contributed by atoms with Crippen molar-refractivity contribution in [2.24, 2.45) is 0 Å². The fraction of sp³-hybridized carbons (Fsp3) is 0.500. The predicted octanol–water partition coefficient (Wildman–Crippen LogP) is 1.14. The first-order valence-electron chi connectivity index (χ1n) is 7.14. The molecule has 0 bridgehead atoms. The summed E-state index contributed by atoms with van der Waals surface area (Å²) in [5, 5.41) is 11.0. The Morgan fingerprint density at radius 3 is 2.61 bits per heavy atom. The zero-order valence-electron chi connectivity index (χ0n) is 13.2. The average Bonchev–Trinajstić information content (AvgIpc) is 2.96. The van der Waals surface area contributed by atoms with E-state index in [-0.39, 0.29) is 23.0 Å². The molecule has 23 heavy (non-hydrogen) atoms. The number of benzene rings is 1. The normalized spacial score (nSPS) is 18.8. The van der Waals surface area contributed by atoms with Gasteiger partial charge in [0, 0.05) is 32.3 Å². The highest BCUT2D eigenvalue weighted by atomic mass is 32.2. The zero-order valence-corrected chi connectivity index (χ0v) is 14.0. The van der Waals surface area contributed by atoms with Gasteiger partial charge in [0.05, 0.1) is 9.82 Å². The van der Waals surface area contributed by atoms with Crippen molar-refractivity contribution in [3.05, 3.63) is 33.9 Å². The Hall–Kier alpha value is -2.00. The molecule has 2 rings (SSSR count). The first-order valence-corrected chi connectivity index (χ1v) is 8.58. The summed E-state index contributed by atoms with van der Waals surface area (Å²) in [5.74, 6) is -0.285. The van der Waals surface area contributed by atoms with Gasteiger partial charge in [-0.05, 0) is 25.8 Å². The van der Waals surface area contributed by atoms with E-state index in [9.17, 15) is 23.3 Å². The van der Waals surface area contributed by atoms with E-state index in [0.717, 1.165) is 10.4 Å². The molecule has 1 aromatic carbocycles. The number of sulfonamides is 1. The fourth-order valence-electron chi connectivity index (χ4n) is 2.65. The van der Waals surface area contributed by atoms with Crippen molar-refractivity contribution in [2.75, 3.05) is 20.6 Å². The molecule has 8 nitrogen and oxygen atoms in total. The van der Waals surface area contributed by atoms with Gasteiger partial charge < -0.3 is 4.90 Å². The molecule has 1 aromatic rings. The molecule has 0 saturated carbocycles. The number of aryl methyl sites for hydroxylation is 1. The highest BCUT2D eigenvalue weighted by molar-refractivity contribution is 7.89. The lowest BCUT2D eigenvalue weighted by Gasteiger charge is -2.25. The molecule has 126 valence electrons. The van der Waals surface area contributed by atoms with Crippen molar-refractivity contribution in [2.45, 2.75) is 30.7 Å². The van der Waals surface area contributed by atoms with E-state index in [2.05, 4.69) is 0 Å². The molecule has 1 heterocycles. The predicted molar refractivity (Wildman–Crippen MR) is 83.4 cm³/mol. The van der Waals surface area contributed by atoms with Gasteiger partial charge in [0.15, 0.2) is 0 Å². The lowest BCUT2D eigenvalue weighted by atomic mass is 10.2. The number of amides is 1. The maximum absolute atomic E-state index is 12.8. The Kier molecular flexibility index (Phi) is 4.71. The van der Waals surface area contributed by atoms with Crippen LogP contribution in [0.15, 0.2) is 23.1 Å². The molecule has 0 aliphatic carbocycles. The minimum atomic E-state index is -3.96. The van der Waals surface area contributed by atoms with Crippen LogP contribution < -0.4 is 0 Å². The van der Waals surface area contributed by atoms with Gasteiger partial charge in [0.2, 0.25) is 15.9 Å². The number of nitro groups is 1. The van der Waals surface area contributed by atoms with Crippen LogP contribution in [0.2, 0.25) is 0 Å². The smallest absolute Gasteiger partial charge is 0.273 e. The summed E-state index contributed by atoms with van der Waals surface area (Å²) in [5.41, 5.74) is 0.136. The van der Waals surface area contributed by atoms with Gasteiger partial charge in [-0.15, -0.1) is 0 Å². The topological polar surface area (TPSA) is 101 Å². The number of nitro benzene ring substituents is 1. The number of likely N-dealkylation sites (N-methyl/N-ethyl adjacent to an activating group) is 1. The Balaban J connectivity index is 2.44. The quantitative estimate of drug-likeness (QED) is 0.604. The third kappa shape index (κ3) is 3.20. The van der Waals surface area contributed by atoms with Gasteiger partial charge in [-0.25, -0.2) is 8.42 Å². The van der Waals surface area contributed by atoms with Crippen LogP contribution in [0, 0.1) is 17.0 Å². The van der Waals surface area contributed by atoms with E-state index < -0.39 is 21.0 Å². The summed E-state index contributed by atoms with van der Waals surface area (Å²) in [7, 11) is -0.815. The second-order valence-electron chi connectivity index (χ2n) is 5.71. The molecule has 0 radical (unpaired) electrons. The van der Waals surface area contributed by atoms with Crippen molar-refractivity contribution in [3.8, 4) is 0 Å². The lowest BCUT2D eigenvalue weighted by molar-refractivity contribution is -0.385. The van der Waals surface area contributed by atoms with Gasteiger partial charge in [0.1, 0.15) is 6.04 Å². The number of carbonyl (C=O) groups excluding carboxylic acids is 1. The summed E-state index contributed by atoms with van der Waals surface area (Å²) < 4.78 is 26.7. The molecule has 1 unspecified atom stereocenters. The molecule has 1 aliphatic heterocycles. The van der Waals surface area contributed by atoms with Crippen LogP contribution in [0.25, 0.3) is 0 Å². The summed E-state index contributed by atoms with van der Waals surface area (Å²) in [6.45, 7) is 1.77. The SMILES string of the molecule is Cc1ccc(S(=O)(=O)N2CCCC2C(=O)N(C)C)cc1[N+](=O)[O-]. The lowest BCUT2D eigenvalue weighted by Crippen LogP contribution is -2.45. The maximum Gasteiger partial charge on any atom is 0.273 e. The number of hydrogen-bond donors (Lipinski definition) is 0. The van der Waals surface area contributed by atoms with E-state index >= 15 is 0 Å². The molecule has 1 saturated heterocycles. The molecular weight excluding hydrogens is 322 g/mol. The molecule has 1 amide bonds. The first kappa shape index (κ1) is 17.4. The first-order chi connectivity index (χ1) is 10.7. The molecule has 0 spiro atoms. The minimum absolute atomic E-state index is 0.159. The van der Waals surface area contributed by atoms with Crippen LogP contribution in [-0.2, 0) is 14.8 Å². The monoisotopic (exact) mass is 341 g/mol. The summed E-state index contributed by atoms with van der Waals surface area (Å²) >= 11 is 0. The van der Waals surface area contributed by atoms with Crippen LogP contribution in [-0.4, -0.2) is 55.1 Å². The van der Waals surface area contributed by atoms with Crippen LogP contribution in [0.5, 0.6) is 0 Å². The molecule has 9 heteroatoms. The van der Waals surface area contributed by atoms with Crippen molar-refractivity contribution >= 4 is 21.6 Å². The Morgan fingerprint density at radius 1 is 1.39 bits per heavy atom. The number of rotatable bonds is 4. The second kappa shape index (κ2) is 6.25. The van der Waals surface area contributed by atoms with Crippen LogP contribution in [0.1, 0.15) is 18.4 Å². The van der Waals surface area contributed by atoms with Crippen LogP contribution >= 0.6 is 0 Å². The molecule has 1 aliphatic rings. The van der Waals surface area contributed by atoms with E-state index in [4.69, 9.17) is 0 Å². The fourth-order valence-corrected chi connectivity index (χ4v) is 4.33.